The summed E-state index contributed by atoms with van der Waals surface area (Å²) in [6, 6.07) is 4.66. The first-order valence-corrected chi connectivity index (χ1v) is 5.29. The van der Waals surface area contributed by atoms with Crippen LogP contribution in [0.3, 0.4) is 0 Å². The van der Waals surface area contributed by atoms with E-state index in [-0.39, 0.29) is 23.3 Å². The third kappa shape index (κ3) is 2.47. The molecule has 0 bridgehead atoms. The average molecular weight is 282 g/mol. The van der Waals surface area contributed by atoms with E-state index in [0.29, 0.717) is 10.8 Å². The number of rotatable bonds is 3. The summed E-state index contributed by atoms with van der Waals surface area (Å²) in [5, 5.41) is 8.83. The number of nitriles is 1. The van der Waals surface area contributed by atoms with Crippen molar-refractivity contribution in [2.75, 3.05) is 6.61 Å². The lowest BCUT2D eigenvalue weighted by molar-refractivity contribution is 0.0526. The zero-order valence-electron chi connectivity index (χ0n) is 8.49. The van der Waals surface area contributed by atoms with Gasteiger partial charge in [0.25, 0.3) is 0 Å². The van der Waals surface area contributed by atoms with Gasteiger partial charge in [0.1, 0.15) is 6.07 Å². The molecule has 0 aliphatic rings. The maximum absolute atomic E-state index is 11.4. The highest BCUT2D eigenvalue weighted by Gasteiger charge is 2.13. The number of esters is 1. The highest BCUT2D eigenvalue weighted by atomic mass is 79.9. The van der Waals surface area contributed by atoms with Gasteiger partial charge in [-0.05, 0) is 35.0 Å². The number of nitrogens with zero attached hydrogens (tertiary/aromatic N) is 1. The molecule has 1 rings (SSSR count). The van der Waals surface area contributed by atoms with E-state index in [2.05, 4.69) is 15.9 Å². The van der Waals surface area contributed by atoms with Crippen molar-refractivity contribution < 1.29 is 14.3 Å². The summed E-state index contributed by atoms with van der Waals surface area (Å²) in [5.74, 6) is -0.547. The lowest BCUT2D eigenvalue weighted by Crippen LogP contribution is -2.06. The molecule has 0 aromatic heterocycles. The molecule has 82 valence electrons. The summed E-state index contributed by atoms with van der Waals surface area (Å²) in [6.45, 7) is 1.93. The van der Waals surface area contributed by atoms with E-state index in [0.717, 1.165) is 0 Å². The van der Waals surface area contributed by atoms with Gasteiger partial charge in [-0.1, -0.05) is 0 Å². The van der Waals surface area contributed by atoms with Crippen molar-refractivity contribution in [1.82, 2.24) is 0 Å². The molecule has 0 saturated carbocycles. The molecule has 0 atom stereocenters. The highest BCUT2D eigenvalue weighted by molar-refractivity contribution is 9.10. The molecule has 1 aromatic rings. The van der Waals surface area contributed by atoms with Crippen LogP contribution >= 0.6 is 15.9 Å². The van der Waals surface area contributed by atoms with Gasteiger partial charge in [0.05, 0.1) is 17.7 Å². The van der Waals surface area contributed by atoms with Gasteiger partial charge in [-0.3, -0.25) is 4.79 Å². The Morgan fingerprint density at radius 3 is 2.81 bits per heavy atom. The molecule has 4 nitrogen and oxygen atoms in total. The summed E-state index contributed by atoms with van der Waals surface area (Å²) in [5.41, 5.74) is 0.679. The van der Waals surface area contributed by atoms with E-state index in [1.807, 2.05) is 6.07 Å². The molecule has 0 heterocycles. The van der Waals surface area contributed by atoms with Crippen LogP contribution < -0.4 is 0 Å². The minimum atomic E-state index is -0.547. The van der Waals surface area contributed by atoms with Crippen LogP contribution in [0, 0.1) is 11.3 Å². The monoisotopic (exact) mass is 281 g/mol. The fourth-order valence-corrected chi connectivity index (χ4v) is 1.56. The van der Waals surface area contributed by atoms with Crippen LogP contribution in [0.25, 0.3) is 0 Å². The molecule has 0 N–H and O–H groups in total. The van der Waals surface area contributed by atoms with Crippen molar-refractivity contribution in [1.29, 1.82) is 5.26 Å². The maximum Gasteiger partial charge on any atom is 0.338 e. The lowest BCUT2D eigenvalue weighted by Gasteiger charge is -2.05. The molecule has 0 aliphatic carbocycles. The Bertz CT molecular complexity index is 477. The van der Waals surface area contributed by atoms with Gasteiger partial charge in [0.15, 0.2) is 6.29 Å². The fraction of sp³-hybridized carbons (Fsp3) is 0.182. The van der Waals surface area contributed by atoms with E-state index in [9.17, 15) is 9.59 Å². The quantitative estimate of drug-likeness (QED) is 0.630. The largest absolute Gasteiger partial charge is 0.462 e. The van der Waals surface area contributed by atoms with Crippen molar-refractivity contribution in [2.24, 2.45) is 0 Å². The van der Waals surface area contributed by atoms with Gasteiger partial charge in [-0.15, -0.1) is 0 Å². The van der Waals surface area contributed by atoms with Crippen LogP contribution in [0.1, 0.15) is 33.2 Å². The first-order valence-electron chi connectivity index (χ1n) is 4.50. The molecule has 0 saturated heterocycles. The Balaban J connectivity index is 3.28. The van der Waals surface area contributed by atoms with E-state index in [1.165, 1.54) is 12.1 Å². The minimum absolute atomic E-state index is 0.198. The van der Waals surface area contributed by atoms with E-state index in [1.54, 1.807) is 6.92 Å². The number of ether oxygens (including phenoxy) is 1. The first kappa shape index (κ1) is 12.4. The maximum atomic E-state index is 11.4. The fourth-order valence-electron chi connectivity index (χ4n) is 1.15. The second kappa shape index (κ2) is 5.42. The molecule has 0 spiro atoms. The van der Waals surface area contributed by atoms with E-state index >= 15 is 0 Å². The zero-order valence-corrected chi connectivity index (χ0v) is 10.1. The summed E-state index contributed by atoms with van der Waals surface area (Å²) in [6.07, 6.45) is 0.577. The number of hydrogen-bond acceptors (Lipinski definition) is 4. The van der Waals surface area contributed by atoms with Gasteiger partial charge in [-0.25, -0.2) is 4.79 Å². The molecule has 16 heavy (non-hydrogen) atoms. The third-order valence-corrected chi connectivity index (χ3v) is 2.74. The number of carbonyl (C=O) groups is 2. The van der Waals surface area contributed by atoms with Gasteiger partial charge in [0, 0.05) is 10.0 Å². The Kier molecular flexibility index (Phi) is 4.20. The predicted octanol–water partition coefficient (Wildman–Crippen LogP) is 2.31. The van der Waals surface area contributed by atoms with Gasteiger partial charge >= 0.3 is 5.97 Å². The molecular formula is C11H8BrNO3. The van der Waals surface area contributed by atoms with Crippen LogP contribution in [-0.2, 0) is 4.74 Å². The number of benzene rings is 1. The third-order valence-electron chi connectivity index (χ3n) is 1.86. The Morgan fingerprint density at radius 1 is 1.62 bits per heavy atom. The van der Waals surface area contributed by atoms with Crippen LogP contribution in [0.2, 0.25) is 0 Å². The molecule has 5 heteroatoms. The Morgan fingerprint density at radius 2 is 2.31 bits per heavy atom. The molecule has 0 fully saturated rings. The number of aldehydes is 1. The smallest absolute Gasteiger partial charge is 0.338 e. The summed E-state index contributed by atoms with van der Waals surface area (Å²) in [4.78, 5) is 22.2. The molecule has 1 aromatic carbocycles. The van der Waals surface area contributed by atoms with Crippen molar-refractivity contribution >= 4 is 28.2 Å². The number of hydrogen-bond donors (Lipinski definition) is 0. The van der Waals surface area contributed by atoms with Crippen LogP contribution in [-0.4, -0.2) is 18.9 Å². The van der Waals surface area contributed by atoms with Crippen LogP contribution in [0.4, 0.5) is 0 Å². The summed E-state index contributed by atoms with van der Waals surface area (Å²) < 4.78 is 5.17. The van der Waals surface area contributed by atoms with Crippen molar-refractivity contribution in [3.63, 3.8) is 0 Å². The summed E-state index contributed by atoms with van der Waals surface area (Å²) >= 11 is 3.12. The standard InChI is InChI=1S/C11H8BrNO3/c1-2-16-11(15)7-3-8(5-13)10(12)9(4-7)6-14/h3-4,6H,2H2,1H3. The Hall–Kier alpha value is -1.67. The molecule has 0 unspecified atom stereocenters. The van der Waals surface area contributed by atoms with Gasteiger partial charge in [-0.2, -0.15) is 5.26 Å². The highest BCUT2D eigenvalue weighted by Crippen LogP contribution is 2.22. The molecule has 0 aliphatic heterocycles. The Labute approximate surface area is 101 Å². The van der Waals surface area contributed by atoms with Crippen molar-refractivity contribution in [3.05, 3.63) is 33.3 Å². The average Bonchev–Trinajstić information content (AvgIpc) is 2.29. The lowest BCUT2D eigenvalue weighted by atomic mass is 10.1. The van der Waals surface area contributed by atoms with Crippen molar-refractivity contribution in [3.8, 4) is 6.07 Å². The second-order valence-electron chi connectivity index (χ2n) is 2.88. The topological polar surface area (TPSA) is 67.2 Å². The van der Waals surface area contributed by atoms with E-state index in [4.69, 9.17) is 10.00 Å². The van der Waals surface area contributed by atoms with E-state index < -0.39 is 5.97 Å². The predicted molar refractivity (Wildman–Crippen MR) is 60.2 cm³/mol. The second-order valence-corrected chi connectivity index (χ2v) is 3.67. The normalized spacial score (nSPS) is 9.31. The molecular weight excluding hydrogens is 274 g/mol. The van der Waals surface area contributed by atoms with Crippen LogP contribution in [0.5, 0.6) is 0 Å². The van der Waals surface area contributed by atoms with Crippen molar-refractivity contribution in [2.45, 2.75) is 6.92 Å². The van der Waals surface area contributed by atoms with Gasteiger partial charge in [0.2, 0.25) is 0 Å². The van der Waals surface area contributed by atoms with Crippen LogP contribution in [0.15, 0.2) is 16.6 Å². The zero-order chi connectivity index (χ0) is 12.1. The molecule has 0 radical (unpaired) electrons. The van der Waals surface area contributed by atoms with Gasteiger partial charge < -0.3 is 4.74 Å². The minimum Gasteiger partial charge on any atom is -0.462 e. The number of carbonyl (C=O) groups excluding carboxylic acids is 2. The summed E-state index contributed by atoms with van der Waals surface area (Å²) in [7, 11) is 0. The SMILES string of the molecule is CCOC(=O)c1cc(C#N)c(Br)c(C=O)c1. The number of halogens is 1. The first-order chi connectivity index (χ1) is 7.63. The molecule has 0 amide bonds.